The van der Waals surface area contributed by atoms with Crippen LogP contribution in [0.15, 0.2) is 52.7 Å². The number of unbranched alkanes of at least 4 members (excludes halogenated alkanes) is 1. The van der Waals surface area contributed by atoms with E-state index in [0.717, 1.165) is 66.8 Å². The fraction of sp³-hybridized carbons (Fsp3) is 0.552. The molecule has 0 atom stereocenters. The molecule has 4 rings (SSSR count). The standard InChI is InChI=1S/C29H39N3O4/c1-20(2)36-28(35)31-18-29(19-31)24-12-5-6-14-26(24)32(27(29)34)17-23(16-21(3)10-7-8-15-33)30-25-13-9-11-22(25)4/h5-6,12,14,20,33H,3,7-11,13,15-19H2,1-2,4H3. The summed E-state index contributed by atoms with van der Waals surface area (Å²) in [7, 11) is 0. The van der Waals surface area contributed by atoms with Crippen molar-refractivity contribution in [2.45, 2.75) is 77.2 Å². The lowest BCUT2D eigenvalue weighted by Crippen LogP contribution is -2.65. The lowest BCUT2D eigenvalue weighted by molar-refractivity contribution is -0.128. The van der Waals surface area contributed by atoms with Crippen LogP contribution in [0.4, 0.5) is 10.5 Å². The molecular formula is C29H39N3O4. The monoisotopic (exact) mass is 493 g/mol. The number of nitrogens with zero attached hydrogens (tertiary/aromatic N) is 3. The number of ether oxygens (including phenoxy) is 1. The number of hydrogen-bond acceptors (Lipinski definition) is 5. The van der Waals surface area contributed by atoms with E-state index >= 15 is 0 Å². The Hall–Kier alpha value is -2.93. The normalized spacial score (nSPS) is 18.8. The van der Waals surface area contributed by atoms with Crippen LogP contribution in [0.3, 0.4) is 0 Å². The van der Waals surface area contributed by atoms with Crippen LogP contribution >= 0.6 is 0 Å². The summed E-state index contributed by atoms with van der Waals surface area (Å²) in [6, 6.07) is 7.91. The number of amides is 2. The molecule has 0 bridgehead atoms. The molecule has 0 unspecified atom stereocenters. The first-order chi connectivity index (χ1) is 17.2. The van der Waals surface area contributed by atoms with Gasteiger partial charge in [0.05, 0.1) is 12.6 Å². The number of fused-ring (bicyclic) bond motifs is 2. The molecule has 0 saturated carbocycles. The number of carbonyl (C=O) groups excluding carboxylic acids is 2. The molecule has 0 aromatic heterocycles. The maximum atomic E-state index is 13.9. The van der Waals surface area contributed by atoms with Gasteiger partial charge in [0.1, 0.15) is 5.41 Å². The summed E-state index contributed by atoms with van der Waals surface area (Å²) in [6.07, 6.45) is 5.69. The topological polar surface area (TPSA) is 82.4 Å². The second-order valence-corrected chi connectivity index (χ2v) is 10.6. The van der Waals surface area contributed by atoms with Gasteiger partial charge in [-0.3, -0.25) is 9.79 Å². The highest BCUT2D eigenvalue weighted by atomic mass is 16.6. The fourth-order valence-electron chi connectivity index (χ4n) is 5.47. The van der Waals surface area contributed by atoms with E-state index in [2.05, 4.69) is 13.5 Å². The Morgan fingerprint density at radius 1 is 1.22 bits per heavy atom. The number of anilines is 1. The SMILES string of the molecule is C=C(CCCCO)CC(CN1C(=O)C2(CN(C(=O)OC(C)C)C2)c2ccccc21)=NC1=C(C)CCC1. The predicted molar refractivity (Wildman–Crippen MR) is 142 cm³/mol. The number of benzene rings is 1. The average molecular weight is 494 g/mol. The minimum atomic E-state index is -0.724. The molecule has 1 fully saturated rings. The molecule has 3 aliphatic rings. The summed E-state index contributed by atoms with van der Waals surface area (Å²) in [5, 5.41) is 9.13. The van der Waals surface area contributed by atoms with Crippen molar-refractivity contribution in [1.29, 1.82) is 0 Å². The van der Waals surface area contributed by atoms with E-state index in [1.165, 1.54) is 5.57 Å². The maximum Gasteiger partial charge on any atom is 0.410 e. The number of aliphatic hydroxyl groups is 1. The Bertz CT molecular complexity index is 1080. The first-order valence-corrected chi connectivity index (χ1v) is 13.1. The van der Waals surface area contributed by atoms with Crippen molar-refractivity contribution in [3.63, 3.8) is 0 Å². The van der Waals surface area contributed by atoms with Crippen molar-refractivity contribution in [3.05, 3.63) is 53.3 Å². The van der Waals surface area contributed by atoms with Crippen LogP contribution in [0, 0.1) is 0 Å². The number of carbonyl (C=O) groups is 2. The second kappa shape index (κ2) is 11.0. The number of aliphatic hydroxyl groups excluding tert-OH is 1. The molecule has 1 saturated heterocycles. The Kier molecular flexibility index (Phi) is 7.98. The lowest BCUT2D eigenvalue weighted by Gasteiger charge is -2.46. The molecule has 2 heterocycles. The maximum absolute atomic E-state index is 13.9. The largest absolute Gasteiger partial charge is 0.447 e. The molecule has 2 aliphatic heterocycles. The zero-order valence-electron chi connectivity index (χ0n) is 21.9. The van der Waals surface area contributed by atoms with E-state index < -0.39 is 5.41 Å². The first-order valence-electron chi connectivity index (χ1n) is 13.1. The van der Waals surface area contributed by atoms with Gasteiger partial charge in [0.25, 0.3) is 0 Å². The molecule has 194 valence electrons. The summed E-state index contributed by atoms with van der Waals surface area (Å²) in [5.41, 5.74) is 5.61. The van der Waals surface area contributed by atoms with E-state index in [1.807, 2.05) is 43.0 Å². The fourth-order valence-corrected chi connectivity index (χ4v) is 5.47. The molecule has 1 aromatic rings. The van der Waals surface area contributed by atoms with Crippen molar-refractivity contribution in [1.82, 2.24) is 4.90 Å². The first kappa shape index (κ1) is 26.1. The van der Waals surface area contributed by atoms with E-state index in [-0.39, 0.29) is 24.7 Å². The zero-order valence-corrected chi connectivity index (χ0v) is 21.9. The van der Waals surface area contributed by atoms with Gasteiger partial charge < -0.3 is 19.6 Å². The van der Waals surface area contributed by atoms with Crippen molar-refractivity contribution in [3.8, 4) is 0 Å². The summed E-state index contributed by atoms with van der Waals surface area (Å²) in [6.45, 7) is 11.3. The van der Waals surface area contributed by atoms with Crippen molar-refractivity contribution in [2.24, 2.45) is 4.99 Å². The third kappa shape index (κ3) is 5.26. The molecule has 1 spiro atoms. The van der Waals surface area contributed by atoms with Crippen LogP contribution in [-0.2, 0) is 14.9 Å². The third-order valence-corrected chi connectivity index (χ3v) is 7.37. The minimum absolute atomic E-state index is 0.0213. The van der Waals surface area contributed by atoms with E-state index in [0.29, 0.717) is 26.1 Å². The molecule has 36 heavy (non-hydrogen) atoms. The molecule has 2 amide bonds. The van der Waals surface area contributed by atoms with Crippen molar-refractivity contribution < 1.29 is 19.4 Å². The highest BCUT2D eigenvalue weighted by molar-refractivity contribution is 6.13. The summed E-state index contributed by atoms with van der Waals surface area (Å²) >= 11 is 0. The van der Waals surface area contributed by atoms with Crippen LogP contribution in [0.1, 0.15) is 71.3 Å². The van der Waals surface area contributed by atoms with Gasteiger partial charge in [-0.15, -0.1) is 0 Å². The quantitative estimate of drug-likeness (QED) is 0.278. The van der Waals surface area contributed by atoms with Gasteiger partial charge in [0.2, 0.25) is 5.91 Å². The molecule has 1 aromatic carbocycles. The Labute approximate surface area is 214 Å². The third-order valence-electron chi connectivity index (χ3n) is 7.37. The zero-order chi connectivity index (χ0) is 25.9. The van der Waals surface area contributed by atoms with Crippen LogP contribution in [0.5, 0.6) is 0 Å². The van der Waals surface area contributed by atoms with Crippen molar-refractivity contribution >= 4 is 23.4 Å². The molecule has 0 radical (unpaired) electrons. The van der Waals surface area contributed by atoms with Crippen molar-refractivity contribution in [2.75, 3.05) is 31.1 Å². The van der Waals surface area contributed by atoms with E-state index in [1.54, 1.807) is 4.90 Å². The predicted octanol–water partition coefficient (Wildman–Crippen LogP) is 5.14. The summed E-state index contributed by atoms with van der Waals surface area (Å²) in [4.78, 5) is 34.9. The van der Waals surface area contributed by atoms with Crippen LogP contribution < -0.4 is 4.90 Å². The molecule has 7 nitrogen and oxygen atoms in total. The van der Waals surface area contributed by atoms with Crippen LogP contribution in [0.25, 0.3) is 0 Å². The van der Waals surface area contributed by atoms with Gasteiger partial charge in [-0.25, -0.2) is 4.79 Å². The highest BCUT2D eigenvalue weighted by Gasteiger charge is 2.59. The van der Waals surface area contributed by atoms with E-state index in [4.69, 9.17) is 14.8 Å². The number of rotatable bonds is 10. The summed E-state index contributed by atoms with van der Waals surface area (Å²) < 4.78 is 5.35. The summed E-state index contributed by atoms with van der Waals surface area (Å²) in [5.74, 6) is 0.0213. The molecule has 7 heteroatoms. The van der Waals surface area contributed by atoms with Gasteiger partial charge in [0.15, 0.2) is 0 Å². The van der Waals surface area contributed by atoms with Gasteiger partial charge in [0, 0.05) is 43.2 Å². The number of allylic oxidation sites excluding steroid dienone is 3. The van der Waals surface area contributed by atoms with Gasteiger partial charge in [-0.1, -0.05) is 35.9 Å². The number of hydrogen-bond donors (Lipinski definition) is 1. The van der Waals surface area contributed by atoms with Crippen LogP contribution in [0.2, 0.25) is 0 Å². The second-order valence-electron chi connectivity index (χ2n) is 10.6. The van der Waals surface area contributed by atoms with E-state index in [9.17, 15) is 9.59 Å². The molecular weight excluding hydrogens is 454 g/mol. The van der Waals surface area contributed by atoms with Gasteiger partial charge >= 0.3 is 6.09 Å². The number of para-hydroxylation sites is 1. The number of aliphatic imine (C=N–C) groups is 1. The Morgan fingerprint density at radius 2 is 1.97 bits per heavy atom. The Balaban J connectivity index is 1.57. The highest BCUT2D eigenvalue weighted by Crippen LogP contribution is 2.47. The number of likely N-dealkylation sites (tertiary alicyclic amines) is 1. The smallest absolute Gasteiger partial charge is 0.410 e. The van der Waals surface area contributed by atoms with Gasteiger partial charge in [-0.05, 0) is 70.9 Å². The molecule has 1 N–H and O–H groups in total. The average Bonchev–Trinajstić information content (AvgIpc) is 3.31. The molecule has 1 aliphatic carbocycles. The Morgan fingerprint density at radius 3 is 2.64 bits per heavy atom. The van der Waals surface area contributed by atoms with Gasteiger partial charge in [-0.2, -0.15) is 0 Å². The lowest BCUT2D eigenvalue weighted by atomic mass is 9.75. The van der Waals surface area contributed by atoms with Crippen LogP contribution in [-0.4, -0.2) is 60.1 Å². The minimum Gasteiger partial charge on any atom is -0.447 e.